The van der Waals surface area contributed by atoms with Crippen molar-refractivity contribution in [2.45, 2.75) is 42.6 Å². The van der Waals surface area contributed by atoms with E-state index in [4.69, 9.17) is 10.5 Å². The fourth-order valence-corrected chi connectivity index (χ4v) is 4.28. The molecule has 1 amide bonds. The summed E-state index contributed by atoms with van der Waals surface area (Å²) < 4.78 is 46.7. The summed E-state index contributed by atoms with van der Waals surface area (Å²) in [4.78, 5) is 35.7. The van der Waals surface area contributed by atoms with Crippen LogP contribution in [-0.4, -0.2) is 41.4 Å². The third-order valence-electron chi connectivity index (χ3n) is 4.58. The zero-order valence-electron chi connectivity index (χ0n) is 14.5. The van der Waals surface area contributed by atoms with Crippen molar-refractivity contribution >= 4 is 29.6 Å². The molecule has 3 rings (SSSR count). The van der Waals surface area contributed by atoms with Gasteiger partial charge < -0.3 is 15.2 Å². The second kappa shape index (κ2) is 7.63. The van der Waals surface area contributed by atoms with E-state index < -0.39 is 41.2 Å². The number of hydrogen-bond donors (Lipinski definition) is 2. The quantitative estimate of drug-likeness (QED) is 0.711. The molecule has 3 unspecified atom stereocenters. The van der Waals surface area contributed by atoms with Gasteiger partial charge in [0.2, 0.25) is 11.2 Å². The number of nitrogens with one attached hydrogen (secondary N) is 1. The Bertz CT molecular complexity index is 803. The zero-order valence-corrected chi connectivity index (χ0v) is 15.3. The van der Waals surface area contributed by atoms with E-state index in [1.807, 2.05) is 6.07 Å². The van der Waals surface area contributed by atoms with Gasteiger partial charge in [-0.25, -0.2) is 4.79 Å². The number of hydrogen-bond acceptors (Lipinski definition) is 7. The van der Waals surface area contributed by atoms with Gasteiger partial charge in [0.15, 0.2) is 0 Å². The number of carbonyl (C=O) groups is 3. The molecule has 3 atom stereocenters. The maximum Gasteiger partial charge on any atom is 0.491 e. The Morgan fingerprint density at radius 1 is 1.25 bits per heavy atom. The maximum atomic E-state index is 12.6. The van der Waals surface area contributed by atoms with Gasteiger partial charge in [-0.05, 0) is 18.4 Å². The number of halogens is 3. The summed E-state index contributed by atoms with van der Waals surface area (Å²) >= 11 is 0.807. The average Bonchev–Trinajstić information content (AvgIpc) is 3.09. The molecule has 1 aromatic carbocycles. The predicted octanol–water partition coefficient (Wildman–Crippen LogP) is 1.34. The van der Waals surface area contributed by atoms with Gasteiger partial charge in [0, 0.05) is 17.7 Å². The number of carbonyl (C=O) groups excluding carboxylic acids is 3. The van der Waals surface area contributed by atoms with E-state index in [0.717, 1.165) is 17.3 Å². The van der Waals surface area contributed by atoms with E-state index in [1.54, 1.807) is 18.2 Å². The number of nitrogens with two attached hydrogens (primary N) is 1. The number of ether oxygens (including phenoxy) is 2. The fourth-order valence-electron chi connectivity index (χ4n) is 3.26. The third kappa shape index (κ3) is 3.95. The van der Waals surface area contributed by atoms with Crippen LogP contribution in [0.4, 0.5) is 13.2 Å². The van der Waals surface area contributed by atoms with Crippen molar-refractivity contribution < 1.29 is 37.0 Å². The molecule has 0 bridgehead atoms. The highest BCUT2D eigenvalue weighted by atomic mass is 32.2. The van der Waals surface area contributed by atoms with Crippen LogP contribution in [0.25, 0.3) is 0 Å². The number of fused-ring (bicyclic) bond motifs is 1. The second-order valence-electron chi connectivity index (χ2n) is 6.41. The highest BCUT2D eigenvalue weighted by molar-refractivity contribution is 8.00. The Balaban J connectivity index is 1.72. The highest BCUT2D eigenvalue weighted by Gasteiger charge is 2.48. The van der Waals surface area contributed by atoms with Crippen LogP contribution in [0, 0.1) is 0 Å². The number of esters is 2. The molecule has 3 N–H and O–H groups in total. The number of amides is 1. The van der Waals surface area contributed by atoms with Gasteiger partial charge in [0.1, 0.15) is 6.04 Å². The monoisotopic (exact) mass is 418 g/mol. The minimum absolute atomic E-state index is 0.00509. The molecular weight excluding hydrogens is 401 g/mol. The molecule has 1 aromatic rings. The van der Waals surface area contributed by atoms with Crippen LogP contribution in [0.15, 0.2) is 24.3 Å². The number of benzene rings is 1. The minimum Gasteiger partial charge on any atom is -0.443 e. The first kappa shape index (κ1) is 20.5. The lowest BCUT2D eigenvalue weighted by Gasteiger charge is -2.36. The first-order chi connectivity index (χ1) is 13.1. The summed E-state index contributed by atoms with van der Waals surface area (Å²) in [5, 5.41) is 2.46. The van der Waals surface area contributed by atoms with Crippen molar-refractivity contribution in [2.24, 2.45) is 5.73 Å². The molecule has 0 radical (unpaired) electrons. The van der Waals surface area contributed by atoms with Gasteiger partial charge in [0.25, 0.3) is 5.91 Å². The van der Waals surface area contributed by atoms with Crippen LogP contribution in [0.2, 0.25) is 0 Å². The predicted molar refractivity (Wildman–Crippen MR) is 91.7 cm³/mol. The number of thioether (sulfide) groups is 1. The van der Waals surface area contributed by atoms with Gasteiger partial charge in [-0.1, -0.05) is 36.0 Å². The molecular formula is C17H17F3N2O5S. The molecule has 1 fully saturated rings. The lowest BCUT2D eigenvalue weighted by Crippen LogP contribution is -2.51. The highest BCUT2D eigenvalue weighted by Crippen LogP contribution is 2.39. The molecule has 1 aliphatic carbocycles. The Morgan fingerprint density at radius 2 is 1.96 bits per heavy atom. The zero-order chi connectivity index (χ0) is 20.5. The van der Waals surface area contributed by atoms with Crippen LogP contribution in [0.5, 0.6) is 0 Å². The van der Waals surface area contributed by atoms with E-state index >= 15 is 0 Å². The normalized spacial score (nSPS) is 27.0. The Hall–Kier alpha value is -2.27. The molecule has 0 aromatic heterocycles. The van der Waals surface area contributed by atoms with Gasteiger partial charge in [-0.3, -0.25) is 14.9 Å². The van der Waals surface area contributed by atoms with Crippen molar-refractivity contribution in [1.82, 2.24) is 5.32 Å². The molecule has 2 aliphatic rings. The molecule has 28 heavy (non-hydrogen) atoms. The molecule has 0 saturated carbocycles. The Kier molecular flexibility index (Phi) is 5.57. The summed E-state index contributed by atoms with van der Waals surface area (Å²) in [5.41, 5.74) is 3.92. The van der Waals surface area contributed by atoms with Gasteiger partial charge >= 0.3 is 18.1 Å². The van der Waals surface area contributed by atoms with Crippen molar-refractivity contribution in [2.75, 3.05) is 5.75 Å². The second-order valence-corrected chi connectivity index (χ2v) is 7.51. The number of aryl methyl sites for hydroxylation is 1. The summed E-state index contributed by atoms with van der Waals surface area (Å²) in [6.07, 6.45) is -3.65. The van der Waals surface area contributed by atoms with Crippen LogP contribution in [0.1, 0.15) is 24.0 Å². The average molecular weight is 418 g/mol. The standard InChI is InChI=1S/C17H17F3N2O5S/c18-17(19,20)14(25)26-15-22-11(8-28-15)12(23)27-16(13(21)24)7-3-5-9-4-1-2-6-10(9)16/h1-2,4,6,11,15,22H,3,5,7-8H2,(H2,21,24). The molecule has 152 valence electrons. The molecule has 7 nitrogen and oxygen atoms in total. The van der Waals surface area contributed by atoms with E-state index in [0.29, 0.717) is 18.4 Å². The SMILES string of the molecule is NC(=O)C1(OC(=O)C2CSC(OC(=O)C(F)(F)F)N2)CCCc2ccccc21. The fraction of sp³-hybridized carbons (Fsp3) is 0.471. The number of primary amides is 1. The van der Waals surface area contributed by atoms with Crippen molar-refractivity contribution in [3.63, 3.8) is 0 Å². The lowest BCUT2D eigenvalue weighted by atomic mass is 9.78. The summed E-state index contributed by atoms with van der Waals surface area (Å²) in [6.45, 7) is 0. The number of alkyl halides is 3. The third-order valence-corrected chi connectivity index (χ3v) is 5.64. The largest absolute Gasteiger partial charge is 0.491 e. The van der Waals surface area contributed by atoms with Gasteiger partial charge in [-0.15, -0.1) is 0 Å². The van der Waals surface area contributed by atoms with Gasteiger partial charge in [-0.2, -0.15) is 13.2 Å². The maximum absolute atomic E-state index is 12.6. The van der Waals surface area contributed by atoms with Crippen molar-refractivity contribution in [3.8, 4) is 0 Å². The van der Waals surface area contributed by atoms with Crippen molar-refractivity contribution in [1.29, 1.82) is 0 Å². The molecule has 1 aliphatic heterocycles. The molecule has 11 heteroatoms. The summed E-state index contributed by atoms with van der Waals surface area (Å²) in [6, 6.07) is 5.92. The van der Waals surface area contributed by atoms with E-state index in [-0.39, 0.29) is 12.2 Å². The van der Waals surface area contributed by atoms with Crippen LogP contribution in [0.3, 0.4) is 0 Å². The van der Waals surface area contributed by atoms with E-state index in [9.17, 15) is 27.6 Å². The topological polar surface area (TPSA) is 108 Å². The molecule has 1 saturated heterocycles. The minimum atomic E-state index is -5.14. The van der Waals surface area contributed by atoms with Crippen LogP contribution < -0.4 is 11.1 Å². The van der Waals surface area contributed by atoms with Gasteiger partial charge in [0.05, 0.1) is 0 Å². The summed E-state index contributed by atoms with van der Waals surface area (Å²) in [5.74, 6) is -4.03. The van der Waals surface area contributed by atoms with Crippen molar-refractivity contribution in [3.05, 3.63) is 35.4 Å². The number of rotatable bonds is 4. The molecule has 1 heterocycles. The Morgan fingerprint density at radius 3 is 2.64 bits per heavy atom. The van der Waals surface area contributed by atoms with Crippen LogP contribution in [-0.2, 0) is 35.9 Å². The summed E-state index contributed by atoms with van der Waals surface area (Å²) in [7, 11) is 0. The lowest BCUT2D eigenvalue weighted by molar-refractivity contribution is -0.202. The Labute approximate surface area is 162 Å². The van der Waals surface area contributed by atoms with E-state index in [1.165, 1.54) is 0 Å². The first-order valence-electron chi connectivity index (χ1n) is 8.40. The molecule has 0 spiro atoms. The first-order valence-corrected chi connectivity index (χ1v) is 9.45. The van der Waals surface area contributed by atoms with Crippen LogP contribution >= 0.6 is 11.8 Å². The van der Waals surface area contributed by atoms with E-state index in [2.05, 4.69) is 10.1 Å². The smallest absolute Gasteiger partial charge is 0.443 e.